The molecule has 0 fully saturated rings. The summed E-state index contributed by atoms with van der Waals surface area (Å²) >= 11 is 0. The minimum atomic E-state index is -0.846. The Bertz CT molecular complexity index is 266. The third-order valence-corrected chi connectivity index (χ3v) is 1.58. The van der Waals surface area contributed by atoms with Gasteiger partial charge in [0.25, 0.3) is 0 Å². The fourth-order valence-electron chi connectivity index (χ4n) is 0.850. The number of nitrogens with zero attached hydrogens (tertiary/aromatic N) is 1. The van der Waals surface area contributed by atoms with Gasteiger partial charge in [0.2, 0.25) is 5.88 Å². The Morgan fingerprint density at radius 2 is 2.13 bits per heavy atom. The van der Waals surface area contributed by atoms with Gasteiger partial charge in [0.1, 0.15) is 12.7 Å². The van der Waals surface area contributed by atoms with Crippen LogP contribution in [0, 0.1) is 6.92 Å². The Kier molecular flexibility index (Phi) is 7.58. The molecule has 1 aromatic heterocycles. The maximum Gasteiger partial charge on any atom is 0.216 e. The molecule has 0 aliphatic carbocycles. The predicted molar refractivity (Wildman–Crippen MR) is 58.9 cm³/mol. The molecular weight excluding hydrogens is 194 g/mol. The third-order valence-electron chi connectivity index (χ3n) is 1.58. The second-order valence-corrected chi connectivity index (χ2v) is 2.77. The van der Waals surface area contributed by atoms with Crippen molar-refractivity contribution in [1.82, 2.24) is 4.98 Å². The first kappa shape index (κ1) is 13.9. The van der Waals surface area contributed by atoms with Gasteiger partial charge < -0.3 is 14.9 Å². The molecule has 2 N–H and O–H groups in total. The first-order valence-corrected chi connectivity index (χ1v) is 5.07. The average Bonchev–Trinajstić information content (AvgIpc) is 2.30. The molecule has 1 aromatic rings. The minimum Gasteiger partial charge on any atom is -0.475 e. The smallest absolute Gasteiger partial charge is 0.216 e. The topological polar surface area (TPSA) is 62.6 Å². The van der Waals surface area contributed by atoms with Crippen LogP contribution in [0.15, 0.2) is 18.3 Å². The molecule has 1 rings (SSSR count). The first-order chi connectivity index (χ1) is 7.24. The zero-order chi connectivity index (χ0) is 11.7. The van der Waals surface area contributed by atoms with E-state index in [1.54, 1.807) is 6.20 Å². The standard InChI is InChI=1S/C9H13NO3.C2H6/c1-7-3-2-4-10-9(7)13-6-8(12)5-11;1-2/h2-4,8,11-12H,5-6H2,1H3;1-2H3. The van der Waals surface area contributed by atoms with Crippen LogP contribution >= 0.6 is 0 Å². The summed E-state index contributed by atoms with van der Waals surface area (Å²) in [5.41, 5.74) is 0.910. The molecule has 0 saturated carbocycles. The summed E-state index contributed by atoms with van der Waals surface area (Å²) in [6.45, 7) is 5.63. The van der Waals surface area contributed by atoms with E-state index >= 15 is 0 Å². The Labute approximate surface area is 90.5 Å². The monoisotopic (exact) mass is 213 g/mol. The number of hydrogen-bond acceptors (Lipinski definition) is 4. The molecule has 4 heteroatoms. The van der Waals surface area contributed by atoms with Gasteiger partial charge in [0.05, 0.1) is 6.61 Å². The molecule has 0 saturated heterocycles. The fraction of sp³-hybridized carbons (Fsp3) is 0.545. The van der Waals surface area contributed by atoms with Crippen LogP contribution in [0.5, 0.6) is 5.88 Å². The maximum absolute atomic E-state index is 9.01. The van der Waals surface area contributed by atoms with E-state index in [1.165, 1.54) is 0 Å². The van der Waals surface area contributed by atoms with Gasteiger partial charge in [-0.25, -0.2) is 4.98 Å². The maximum atomic E-state index is 9.01. The molecule has 0 bridgehead atoms. The lowest BCUT2D eigenvalue weighted by Crippen LogP contribution is -2.21. The largest absolute Gasteiger partial charge is 0.475 e. The summed E-state index contributed by atoms with van der Waals surface area (Å²) in [5, 5.41) is 17.5. The van der Waals surface area contributed by atoms with Gasteiger partial charge in [-0.05, 0) is 13.0 Å². The molecule has 15 heavy (non-hydrogen) atoms. The number of rotatable bonds is 4. The van der Waals surface area contributed by atoms with Gasteiger partial charge in [0.15, 0.2) is 0 Å². The second kappa shape index (κ2) is 8.20. The Morgan fingerprint density at radius 3 is 2.67 bits per heavy atom. The van der Waals surface area contributed by atoms with Crippen molar-refractivity contribution in [3.63, 3.8) is 0 Å². The summed E-state index contributed by atoms with van der Waals surface area (Å²) < 4.78 is 5.17. The van der Waals surface area contributed by atoms with Crippen LogP contribution in [-0.4, -0.2) is 34.5 Å². The highest BCUT2D eigenvalue weighted by Crippen LogP contribution is 2.11. The predicted octanol–water partition coefficient (Wildman–Crippen LogP) is 1.15. The summed E-state index contributed by atoms with van der Waals surface area (Å²) in [6, 6.07) is 3.68. The van der Waals surface area contributed by atoms with E-state index in [9.17, 15) is 0 Å². The van der Waals surface area contributed by atoms with Crippen molar-refractivity contribution in [2.24, 2.45) is 0 Å². The number of aliphatic hydroxyl groups is 2. The van der Waals surface area contributed by atoms with Crippen LogP contribution in [0.25, 0.3) is 0 Å². The minimum absolute atomic E-state index is 0.0638. The fourth-order valence-corrected chi connectivity index (χ4v) is 0.850. The Morgan fingerprint density at radius 1 is 1.47 bits per heavy atom. The van der Waals surface area contributed by atoms with Gasteiger partial charge in [-0.15, -0.1) is 0 Å². The van der Waals surface area contributed by atoms with Crippen molar-refractivity contribution < 1.29 is 14.9 Å². The number of pyridine rings is 1. The molecule has 1 atom stereocenters. The van der Waals surface area contributed by atoms with Crippen LogP contribution in [0.1, 0.15) is 19.4 Å². The molecule has 0 aliphatic rings. The number of ether oxygens (including phenoxy) is 1. The molecule has 1 heterocycles. The lowest BCUT2D eigenvalue weighted by atomic mass is 10.3. The normalized spacial score (nSPS) is 11.3. The van der Waals surface area contributed by atoms with E-state index in [4.69, 9.17) is 14.9 Å². The average molecular weight is 213 g/mol. The summed E-state index contributed by atoms with van der Waals surface area (Å²) in [5.74, 6) is 0.495. The Hall–Kier alpha value is -1.13. The van der Waals surface area contributed by atoms with Gasteiger partial charge in [-0.1, -0.05) is 19.9 Å². The highest BCUT2D eigenvalue weighted by Gasteiger charge is 2.04. The van der Waals surface area contributed by atoms with Gasteiger partial charge in [0, 0.05) is 11.8 Å². The zero-order valence-corrected chi connectivity index (χ0v) is 9.47. The lowest BCUT2D eigenvalue weighted by molar-refractivity contribution is 0.0519. The van der Waals surface area contributed by atoms with Crippen molar-refractivity contribution in [2.45, 2.75) is 26.9 Å². The first-order valence-electron chi connectivity index (χ1n) is 5.07. The summed E-state index contributed by atoms with van der Waals surface area (Å²) in [6.07, 6.45) is 0.773. The summed E-state index contributed by atoms with van der Waals surface area (Å²) in [4.78, 5) is 3.97. The van der Waals surface area contributed by atoms with Crippen LogP contribution in [0.3, 0.4) is 0 Å². The molecule has 86 valence electrons. The van der Waals surface area contributed by atoms with Crippen molar-refractivity contribution in [2.75, 3.05) is 13.2 Å². The number of hydrogen-bond donors (Lipinski definition) is 2. The van der Waals surface area contributed by atoms with Crippen molar-refractivity contribution in [3.05, 3.63) is 23.9 Å². The molecule has 0 amide bonds. The van der Waals surface area contributed by atoms with Gasteiger partial charge >= 0.3 is 0 Å². The van der Waals surface area contributed by atoms with Gasteiger partial charge in [-0.3, -0.25) is 0 Å². The number of aromatic nitrogens is 1. The number of aryl methyl sites for hydroxylation is 1. The van der Waals surface area contributed by atoms with E-state index in [2.05, 4.69) is 4.98 Å². The molecule has 0 radical (unpaired) electrons. The van der Waals surface area contributed by atoms with E-state index in [-0.39, 0.29) is 13.2 Å². The third kappa shape index (κ3) is 5.34. The van der Waals surface area contributed by atoms with Crippen LogP contribution in [0.4, 0.5) is 0 Å². The Balaban J connectivity index is 0.000000921. The molecule has 0 spiro atoms. The van der Waals surface area contributed by atoms with E-state index < -0.39 is 6.10 Å². The SMILES string of the molecule is CC.Cc1cccnc1OCC(O)CO. The van der Waals surface area contributed by atoms with E-state index in [0.717, 1.165) is 5.56 Å². The van der Waals surface area contributed by atoms with Crippen molar-refractivity contribution >= 4 is 0 Å². The quantitative estimate of drug-likeness (QED) is 0.787. The second-order valence-electron chi connectivity index (χ2n) is 2.77. The van der Waals surface area contributed by atoms with Crippen LogP contribution < -0.4 is 4.74 Å². The van der Waals surface area contributed by atoms with Crippen LogP contribution in [0.2, 0.25) is 0 Å². The molecule has 0 aliphatic heterocycles. The van der Waals surface area contributed by atoms with Gasteiger partial charge in [-0.2, -0.15) is 0 Å². The number of aliphatic hydroxyl groups excluding tert-OH is 2. The summed E-state index contributed by atoms with van der Waals surface area (Å²) in [7, 11) is 0. The highest BCUT2D eigenvalue weighted by atomic mass is 16.5. The molecular formula is C11H19NO3. The van der Waals surface area contributed by atoms with Crippen LogP contribution in [-0.2, 0) is 0 Å². The molecule has 0 aromatic carbocycles. The lowest BCUT2D eigenvalue weighted by Gasteiger charge is -2.10. The van der Waals surface area contributed by atoms with Crippen molar-refractivity contribution in [1.29, 1.82) is 0 Å². The zero-order valence-electron chi connectivity index (χ0n) is 9.47. The highest BCUT2D eigenvalue weighted by molar-refractivity contribution is 5.23. The van der Waals surface area contributed by atoms with E-state index in [0.29, 0.717) is 5.88 Å². The molecule has 1 unspecified atom stereocenters. The molecule has 4 nitrogen and oxygen atoms in total. The van der Waals surface area contributed by atoms with Crippen molar-refractivity contribution in [3.8, 4) is 5.88 Å². The van der Waals surface area contributed by atoms with E-state index in [1.807, 2.05) is 32.9 Å².